The Labute approximate surface area is 195 Å². The molecule has 0 bridgehead atoms. The molecule has 4 aromatic rings. The highest BCUT2D eigenvalue weighted by Crippen LogP contribution is 2.41. The van der Waals surface area contributed by atoms with E-state index in [0.29, 0.717) is 12.3 Å². The minimum Gasteiger partial charge on any atom is -0.493 e. The van der Waals surface area contributed by atoms with E-state index in [1.807, 2.05) is 45.0 Å². The van der Waals surface area contributed by atoms with Crippen molar-refractivity contribution in [1.29, 1.82) is 0 Å². The van der Waals surface area contributed by atoms with E-state index in [2.05, 4.69) is 32.3 Å². The van der Waals surface area contributed by atoms with Gasteiger partial charge in [-0.15, -0.1) is 0 Å². The van der Waals surface area contributed by atoms with Gasteiger partial charge in [-0.3, -0.25) is 9.78 Å². The molecule has 0 aliphatic heterocycles. The molecule has 0 saturated carbocycles. The number of rotatable bonds is 6. The molecule has 1 amide bonds. The van der Waals surface area contributed by atoms with Crippen molar-refractivity contribution < 1.29 is 13.9 Å². The number of amides is 1. The van der Waals surface area contributed by atoms with Gasteiger partial charge in [-0.2, -0.15) is 0 Å². The van der Waals surface area contributed by atoms with Crippen molar-refractivity contribution in [3.05, 3.63) is 82.8 Å². The molecule has 1 N–H and O–H groups in total. The molecule has 2 aromatic carbocycles. The number of allylic oxidation sites excluding steroid dienone is 1. The molecule has 0 spiro atoms. The van der Waals surface area contributed by atoms with Gasteiger partial charge in [-0.1, -0.05) is 28.1 Å². The lowest BCUT2D eigenvalue weighted by atomic mass is 9.96. The Morgan fingerprint density at radius 1 is 1.25 bits per heavy atom. The Balaban J connectivity index is 1.80. The molecule has 0 radical (unpaired) electrons. The SMILES string of the molecule is CCOc1c(/C(C)=C/C(=O)Nc2cccnc2)cc2c(-c3cccc(Br)c3)coc2c1C. The maximum Gasteiger partial charge on any atom is 0.248 e. The van der Waals surface area contributed by atoms with E-state index < -0.39 is 0 Å². The highest BCUT2D eigenvalue weighted by atomic mass is 79.9. The van der Waals surface area contributed by atoms with Gasteiger partial charge >= 0.3 is 0 Å². The summed E-state index contributed by atoms with van der Waals surface area (Å²) in [6, 6.07) is 13.7. The zero-order valence-electron chi connectivity index (χ0n) is 18.1. The number of halogens is 1. The number of pyridine rings is 1. The lowest BCUT2D eigenvalue weighted by molar-refractivity contribution is -0.111. The first-order valence-electron chi connectivity index (χ1n) is 10.3. The van der Waals surface area contributed by atoms with E-state index >= 15 is 0 Å². The number of nitrogens with zero attached hydrogens (tertiary/aromatic N) is 1. The van der Waals surface area contributed by atoms with Gasteiger partial charge in [0.2, 0.25) is 5.91 Å². The number of fused-ring (bicyclic) bond motifs is 1. The van der Waals surface area contributed by atoms with Gasteiger partial charge in [0.15, 0.2) is 0 Å². The zero-order chi connectivity index (χ0) is 22.7. The van der Waals surface area contributed by atoms with Crippen LogP contribution in [0.5, 0.6) is 5.75 Å². The first-order valence-corrected chi connectivity index (χ1v) is 11.1. The molecule has 2 aromatic heterocycles. The van der Waals surface area contributed by atoms with Crippen molar-refractivity contribution in [3.63, 3.8) is 0 Å². The van der Waals surface area contributed by atoms with E-state index in [1.165, 1.54) is 0 Å². The minimum absolute atomic E-state index is 0.227. The maximum absolute atomic E-state index is 12.6. The molecule has 6 heteroatoms. The number of carbonyl (C=O) groups excluding carboxylic acids is 1. The van der Waals surface area contributed by atoms with Gasteiger partial charge < -0.3 is 14.5 Å². The molecule has 0 saturated heterocycles. The number of hydrogen-bond acceptors (Lipinski definition) is 4. The Hall–Kier alpha value is -3.38. The first-order chi connectivity index (χ1) is 15.5. The number of aryl methyl sites for hydroxylation is 1. The average Bonchev–Trinajstić information content (AvgIpc) is 3.20. The molecule has 0 aliphatic carbocycles. The van der Waals surface area contributed by atoms with Gasteiger partial charge in [0.05, 0.1) is 24.8 Å². The molecule has 0 fully saturated rings. The number of furan rings is 1. The molecule has 0 unspecified atom stereocenters. The number of ether oxygens (including phenoxy) is 1. The number of anilines is 1. The van der Waals surface area contributed by atoms with Crippen LogP contribution in [-0.2, 0) is 4.79 Å². The smallest absolute Gasteiger partial charge is 0.248 e. The summed E-state index contributed by atoms with van der Waals surface area (Å²) in [6.45, 7) is 6.34. The standard InChI is InChI=1S/C26H23BrN2O3/c1-4-31-25-17(3)26-22(23(15-32-26)18-7-5-8-19(27)12-18)13-21(25)16(2)11-24(30)29-20-9-6-10-28-14-20/h5-15H,4H2,1-3H3,(H,29,30)/b16-11+. The van der Waals surface area contributed by atoms with E-state index in [-0.39, 0.29) is 5.91 Å². The van der Waals surface area contributed by atoms with Gasteiger partial charge in [0.25, 0.3) is 0 Å². The van der Waals surface area contributed by atoms with Crippen LogP contribution < -0.4 is 10.1 Å². The second kappa shape index (κ2) is 9.40. The molecule has 162 valence electrons. The molecule has 0 aliphatic rings. The van der Waals surface area contributed by atoms with E-state index in [1.54, 1.807) is 36.9 Å². The molecular formula is C26H23BrN2O3. The number of carbonyl (C=O) groups is 1. The van der Waals surface area contributed by atoms with Crippen molar-refractivity contribution in [2.24, 2.45) is 0 Å². The lowest BCUT2D eigenvalue weighted by Gasteiger charge is -2.15. The highest BCUT2D eigenvalue weighted by molar-refractivity contribution is 9.10. The third kappa shape index (κ3) is 4.46. The van der Waals surface area contributed by atoms with Crippen LogP contribution in [0.2, 0.25) is 0 Å². The summed E-state index contributed by atoms with van der Waals surface area (Å²) in [5.41, 5.74) is 6.01. The average molecular weight is 491 g/mol. The summed E-state index contributed by atoms with van der Waals surface area (Å²) in [7, 11) is 0. The number of aromatic nitrogens is 1. The van der Waals surface area contributed by atoms with Crippen LogP contribution >= 0.6 is 15.9 Å². The number of nitrogens with one attached hydrogen (secondary N) is 1. The van der Waals surface area contributed by atoms with Crippen LogP contribution in [0.25, 0.3) is 27.7 Å². The van der Waals surface area contributed by atoms with Crippen molar-refractivity contribution in [3.8, 4) is 16.9 Å². The summed E-state index contributed by atoms with van der Waals surface area (Å²) in [4.78, 5) is 16.6. The second-order valence-corrected chi connectivity index (χ2v) is 8.32. The van der Waals surface area contributed by atoms with Crippen molar-refractivity contribution >= 4 is 44.1 Å². The predicted octanol–water partition coefficient (Wildman–Crippen LogP) is 7.01. The molecule has 2 heterocycles. The summed E-state index contributed by atoms with van der Waals surface area (Å²) in [5.74, 6) is 0.494. The van der Waals surface area contributed by atoms with Crippen LogP contribution in [-0.4, -0.2) is 17.5 Å². The topological polar surface area (TPSA) is 64.4 Å². The van der Waals surface area contributed by atoms with E-state index in [9.17, 15) is 4.79 Å². The van der Waals surface area contributed by atoms with Gasteiger partial charge in [-0.25, -0.2) is 0 Å². The fraction of sp³-hybridized carbons (Fsp3) is 0.154. The Kier molecular flexibility index (Phi) is 6.42. The normalized spacial score (nSPS) is 11.6. The van der Waals surface area contributed by atoms with Crippen molar-refractivity contribution in [2.75, 3.05) is 11.9 Å². The molecule has 5 nitrogen and oxygen atoms in total. The Bertz CT molecular complexity index is 1310. The summed E-state index contributed by atoms with van der Waals surface area (Å²) in [6.07, 6.45) is 6.62. The Morgan fingerprint density at radius 3 is 2.81 bits per heavy atom. The summed E-state index contributed by atoms with van der Waals surface area (Å²) >= 11 is 3.54. The molecule has 0 atom stereocenters. The van der Waals surface area contributed by atoms with Crippen LogP contribution in [0, 0.1) is 6.92 Å². The fourth-order valence-electron chi connectivity index (χ4n) is 3.71. The fourth-order valence-corrected chi connectivity index (χ4v) is 4.11. The van der Waals surface area contributed by atoms with Gasteiger partial charge in [0, 0.05) is 38.8 Å². The Morgan fingerprint density at radius 2 is 2.09 bits per heavy atom. The third-order valence-electron chi connectivity index (χ3n) is 5.17. The predicted molar refractivity (Wildman–Crippen MR) is 132 cm³/mol. The molecule has 4 rings (SSSR count). The summed E-state index contributed by atoms with van der Waals surface area (Å²) < 4.78 is 12.9. The van der Waals surface area contributed by atoms with E-state index in [4.69, 9.17) is 9.15 Å². The second-order valence-electron chi connectivity index (χ2n) is 7.41. The quantitative estimate of drug-likeness (QED) is 0.295. The van der Waals surface area contributed by atoms with Gasteiger partial charge in [0.1, 0.15) is 11.3 Å². The lowest BCUT2D eigenvalue weighted by Crippen LogP contribution is -2.09. The van der Waals surface area contributed by atoms with Gasteiger partial charge in [-0.05, 0) is 62.2 Å². The maximum atomic E-state index is 12.6. The zero-order valence-corrected chi connectivity index (χ0v) is 19.7. The van der Waals surface area contributed by atoms with Crippen LogP contribution in [0.1, 0.15) is 25.0 Å². The van der Waals surface area contributed by atoms with Crippen molar-refractivity contribution in [1.82, 2.24) is 4.98 Å². The van der Waals surface area contributed by atoms with Crippen LogP contribution in [0.4, 0.5) is 5.69 Å². The number of hydrogen-bond donors (Lipinski definition) is 1. The third-order valence-corrected chi connectivity index (χ3v) is 5.66. The monoisotopic (exact) mass is 490 g/mol. The minimum atomic E-state index is -0.227. The highest BCUT2D eigenvalue weighted by Gasteiger charge is 2.19. The van der Waals surface area contributed by atoms with Crippen molar-refractivity contribution in [2.45, 2.75) is 20.8 Å². The molecule has 32 heavy (non-hydrogen) atoms. The van der Waals surface area contributed by atoms with Crippen LogP contribution in [0.15, 0.2) is 76.1 Å². The molecular weight excluding hydrogens is 468 g/mol. The summed E-state index contributed by atoms with van der Waals surface area (Å²) in [5, 5.41) is 3.81. The first kappa shape index (κ1) is 21.8. The van der Waals surface area contributed by atoms with E-state index in [0.717, 1.165) is 49.0 Å². The van der Waals surface area contributed by atoms with Crippen LogP contribution in [0.3, 0.4) is 0 Å². The largest absolute Gasteiger partial charge is 0.493 e. The number of benzene rings is 2.